The smallest absolute Gasteiger partial charge is 0.183 e. The number of rotatable bonds is 4. The first-order valence-electron chi connectivity index (χ1n) is 5.23. The van der Waals surface area contributed by atoms with Gasteiger partial charge in [-0.3, -0.25) is 0 Å². The van der Waals surface area contributed by atoms with Gasteiger partial charge in [0.25, 0.3) is 0 Å². The maximum absolute atomic E-state index is 9.88. The number of hydrogen-bond acceptors (Lipinski definition) is 4. The second-order valence-corrected chi connectivity index (χ2v) is 3.81. The van der Waals surface area contributed by atoms with Crippen molar-refractivity contribution in [1.82, 2.24) is 5.32 Å². The summed E-state index contributed by atoms with van der Waals surface area (Å²) in [7, 11) is 3.47. The summed E-state index contributed by atoms with van der Waals surface area (Å²) < 4.78 is 10.7. The van der Waals surface area contributed by atoms with E-state index < -0.39 is 12.4 Å². The van der Waals surface area contributed by atoms with Gasteiger partial charge in [0.2, 0.25) is 0 Å². The van der Waals surface area contributed by atoms with Crippen molar-refractivity contribution < 1.29 is 14.6 Å². The molecule has 2 N–H and O–H groups in total. The molecular formula is C10H21NO3. The minimum absolute atomic E-state index is 0.210. The van der Waals surface area contributed by atoms with Gasteiger partial charge in [-0.1, -0.05) is 6.92 Å². The lowest BCUT2D eigenvalue weighted by Gasteiger charge is -2.38. The first kappa shape index (κ1) is 11.9. The number of aliphatic hydroxyl groups excluding tert-OH is 1. The van der Waals surface area contributed by atoms with Gasteiger partial charge >= 0.3 is 0 Å². The van der Waals surface area contributed by atoms with Crippen LogP contribution in [-0.4, -0.2) is 44.3 Å². The molecule has 1 saturated heterocycles. The number of hydrogen-bond donors (Lipinski definition) is 2. The molecule has 0 aromatic rings. The van der Waals surface area contributed by atoms with E-state index in [0.717, 1.165) is 19.4 Å². The Morgan fingerprint density at radius 1 is 1.57 bits per heavy atom. The molecule has 4 nitrogen and oxygen atoms in total. The van der Waals surface area contributed by atoms with Crippen molar-refractivity contribution in [2.45, 2.75) is 38.3 Å². The SMILES string of the molecule is CCC1C[C@H](CNC)C(O)[C@@H](OC)O1. The molecule has 0 aromatic heterocycles. The maximum atomic E-state index is 9.88. The molecule has 0 bridgehead atoms. The lowest BCUT2D eigenvalue weighted by atomic mass is 9.91. The first-order valence-corrected chi connectivity index (χ1v) is 5.23. The molecule has 0 amide bonds. The zero-order valence-corrected chi connectivity index (χ0v) is 9.19. The van der Waals surface area contributed by atoms with E-state index in [1.165, 1.54) is 0 Å². The highest BCUT2D eigenvalue weighted by molar-refractivity contribution is 4.82. The monoisotopic (exact) mass is 203 g/mol. The van der Waals surface area contributed by atoms with Gasteiger partial charge in [-0.25, -0.2) is 0 Å². The summed E-state index contributed by atoms with van der Waals surface area (Å²) in [5.74, 6) is 0.226. The van der Waals surface area contributed by atoms with Crippen molar-refractivity contribution in [3.63, 3.8) is 0 Å². The molecule has 2 unspecified atom stereocenters. The lowest BCUT2D eigenvalue weighted by Crippen LogP contribution is -2.48. The molecule has 0 aliphatic carbocycles. The van der Waals surface area contributed by atoms with Gasteiger partial charge in [0.1, 0.15) is 6.10 Å². The summed E-state index contributed by atoms with van der Waals surface area (Å²) >= 11 is 0. The van der Waals surface area contributed by atoms with Crippen LogP contribution in [0, 0.1) is 5.92 Å². The molecule has 0 radical (unpaired) electrons. The van der Waals surface area contributed by atoms with Crippen LogP contribution in [0.2, 0.25) is 0 Å². The van der Waals surface area contributed by atoms with E-state index in [1.54, 1.807) is 7.11 Å². The Hall–Kier alpha value is -0.160. The summed E-state index contributed by atoms with van der Waals surface area (Å²) in [5, 5.41) is 13.0. The molecule has 0 saturated carbocycles. The number of ether oxygens (including phenoxy) is 2. The average Bonchev–Trinajstić information content (AvgIpc) is 2.21. The molecule has 1 heterocycles. The van der Waals surface area contributed by atoms with Crippen molar-refractivity contribution in [1.29, 1.82) is 0 Å². The van der Waals surface area contributed by atoms with Crippen molar-refractivity contribution in [2.75, 3.05) is 20.7 Å². The molecule has 4 heteroatoms. The van der Waals surface area contributed by atoms with Gasteiger partial charge in [-0.05, 0) is 19.9 Å². The van der Waals surface area contributed by atoms with E-state index in [4.69, 9.17) is 9.47 Å². The van der Waals surface area contributed by atoms with Crippen LogP contribution in [0.5, 0.6) is 0 Å². The largest absolute Gasteiger partial charge is 0.387 e. The minimum Gasteiger partial charge on any atom is -0.387 e. The van der Waals surface area contributed by atoms with Gasteiger partial charge in [-0.15, -0.1) is 0 Å². The fourth-order valence-electron chi connectivity index (χ4n) is 1.95. The highest BCUT2D eigenvalue weighted by Gasteiger charge is 2.36. The average molecular weight is 203 g/mol. The summed E-state index contributed by atoms with van der Waals surface area (Å²) in [6.07, 6.45) is 1.09. The van der Waals surface area contributed by atoms with Crippen LogP contribution in [0.4, 0.5) is 0 Å². The zero-order valence-electron chi connectivity index (χ0n) is 9.19. The molecular weight excluding hydrogens is 182 g/mol. The van der Waals surface area contributed by atoms with E-state index in [2.05, 4.69) is 12.2 Å². The Morgan fingerprint density at radius 3 is 2.79 bits per heavy atom. The van der Waals surface area contributed by atoms with Gasteiger partial charge in [-0.2, -0.15) is 0 Å². The zero-order chi connectivity index (χ0) is 10.6. The Balaban J connectivity index is 2.55. The van der Waals surface area contributed by atoms with Crippen LogP contribution in [0.1, 0.15) is 19.8 Å². The van der Waals surface area contributed by atoms with Crippen LogP contribution >= 0.6 is 0 Å². The van der Waals surface area contributed by atoms with Crippen molar-refractivity contribution in [3.05, 3.63) is 0 Å². The van der Waals surface area contributed by atoms with Crippen LogP contribution in [0.15, 0.2) is 0 Å². The lowest BCUT2D eigenvalue weighted by molar-refractivity contribution is -0.245. The number of methoxy groups -OCH3 is 1. The molecule has 1 aliphatic heterocycles. The van der Waals surface area contributed by atoms with Crippen molar-refractivity contribution in [3.8, 4) is 0 Å². The number of aliphatic hydroxyl groups is 1. The minimum atomic E-state index is -0.518. The highest BCUT2D eigenvalue weighted by Crippen LogP contribution is 2.27. The van der Waals surface area contributed by atoms with Gasteiger partial charge < -0.3 is 19.9 Å². The molecule has 84 valence electrons. The Labute approximate surface area is 85.6 Å². The quantitative estimate of drug-likeness (QED) is 0.692. The third-order valence-corrected chi connectivity index (χ3v) is 2.81. The standard InChI is InChI=1S/C10H21NO3/c1-4-8-5-7(6-11-2)9(12)10(13-3)14-8/h7-12H,4-6H2,1-3H3/t7-,8?,9?,10+/m1/s1. The number of nitrogens with one attached hydrogen (secondary N) is 1. The summed E-state index contributed by atoms with van der Waals surface area (Å²) in [6, 6.07) is 0. The highest BCUT2D eigenvalue weighted by atomic mass is 16.7. The molecule has 14 heavy (non-hydrogen) atoms. The molecule has 1 fully saturated rings. The molecule has 1 aliphatic rings. The van der Waals surface area contributed by atoms with Gasteiger partial charge in [0, 0.05) is 19.6 Å². The van der Waals surface area contributed by atoms with E-state index in [9.17, 15) is 5.11 Å². The fourth-order valence-corrected chi connectivity index (χ4v) is 1.95. The topological polar surface area (TPSA) is 50.7 Å². The van der Waals surface area contributed by atoms with E-state index in [-0.39, 0.29) is 12.0 Å². The summed E-state index contributed by atoms with van der Waals surface area (Å²) in [4.78, 5) is 0. The predicted molar refractivity (Wildman–Crippen MR) is 54.0 cm³/mol. The van der Waals surface area contributed by atoms with Crippen LogP contribution in [0.3, 0.4) is 0 Å². The molecule has 1 rings (SSSR count). The Morgan fingerprint density at radius 2 is 2.29 bits per heavy atom. The molecule has 0 spiro atoms. The van der Waals surface area contributed by atoms with E-state index in [1.807, 2.05) is 7.05 Å². The Bertz CT molecular complexity index is 165. The van der Waals surface area contributed by atoms with Crippen molar-refractivity contribution in [2.24, 2.45) is 5.92 Å². The van der Waals surface area contributed by atoms with Crippen LogP contribution in [0.25, 0.3) is 0 Å². The third kappa shape index (κ3) is 2.67. The first-order chi connectivity index (χ1) is 6.72. The molecule has 4 atom stereocenters. The van der Waals surface area contributed by atoms with Gasteiger partial charge in [0.15, 0.2) is 6.29 Å². The summed E-state index contributed by atoms with van der Waals surface area (Å²) in [5.41, 5.74) is 0. The normalized spacial score (nSPS) is 38.6. The summed E-state index contributed by atoms with van der Waals surface area (Å²) in [6.45, 7) is 2.90. The maximum Gasteiger partial charge on any atom is 0.183 e. The van der Waals surface area contributed by atoms with Crippen LogP contribution in [-0.2, 0) is 9.47 Å². The Kier molecular flexibility index (Phi) is 4.81. The van der Waals surface area contributed by atoms with E-state index in [0.29, 0.717) is 0 Å². The molecule has 0 aromatic carbocycles. The van der Waals surface area contributed by atoms with E-state index >= 15 is 0 Å². The second-order valence-electron chi connectivity index (χ2n) is 3.81. The predicted octanol–water partition coefficient (Wildman–Crippen LogP) is 0.354. The van der Waals surface area contributed by atoms with Crippen LogP contribution < -0.4 is 5.32 Å². The van der Waals surface area contributed by atoms with Gasteiger partial charge in [0.05, 0.1) is 6.10 Å². The van der Waals surface area contributed by atoms with Crippen molar-refractivity contribution >= 4 is 0 Å². The fraction of sp³-hybridized carbons (Fsp3) is 1.00. The third-order valence-electron chi connectivity index (χ3n) is 2.81. The second kappa shape index (κ2) is 5.66.